The van der Waals surface area contributed by atoms with Gasteiger partial charge in [-0.3, -0.25) is 0 Å². The summed E-state index contributed by atoms with van der Waals surface area (Å²) < 4.78 is 10.6. The second-order valence-corrected chi connectivity index (χ2v) is 4.55. The summed E-state index contributed by atoms with van der Waals surface area (Å²) in [7, 11) is 3.13. The number of hydrogen-bond donors (Lipinski definition) is 2. The molecule has 0 aliphatic heterocycles. The van der Waals surface area contributed by atoms with Crippen LogP contribution in [0.4, 0.5) is 0 Å². The number of nitrogens with zero attached hydrogens (tertiary/aromatic N) is 1. The lowest BCUT2D eigenvalue weighted by molar-refractivity contribution is -0.107. The quantitative estimate of drug-likeness (QED) is 0.716. The smallest absolute Gasteiger partial charge is 0.202 e. The van der Waals surface area contributed by atoms with Crippen LogP contribution in [0.25, 0.3) is 21.8 Å². The van der Waals surface area contributed by atoms with Gasteiger partial charge in [0.1, 0.15) is 5.69 Å². The van der Waals surface area contributed by atoms with E-state index in [1.165, 1.54) is 0 Å². The number of para-hydroxylation sites is 1. The van der Waals surface area contributed by atoms with Crippen LogP contribution in [0.2, 0.25) is 0 Å². The van der Waals surface area contributed by atoms with Gasteiger partial charge in [0, 0.05) is 30.5 Å². The predicted molar refractivity (Wildman–Crippen MR) is 76.3 cm³/mol. The van der Waals surface area contributed by atoms with Crippen molar-refractivity contribution in [2.75, 3.05) is 14.2 Å². The zero-order valence-corrected chi connectivity index (χ0v) is 11.4. The van der Waals surface area contributed by atoms with Gasteiger partial charge in [0.15, 0.2) is 0 Å². The molecule has 0 aliphatic rings. The molecule has 0 fully saturated rings. The second-order valence-electron chi connectivity index (χ2n) is 4.55. The molecule has 0 atom stereocenters. The molecule has 2 N–H and O–H groups in total. The van der Waals surface area contributed by atoms with Gasteiger partial charge in [-0.25, -0.2) is 4.98 Å². The van der Waals surface area contributed by atoms with Crippen LogP contribution in [-0.2, 0) is 16.1 Å². The maximum atomic E-state index is 9.40. The van der Waals surface area contributed by atoms with Crippen LogP contribution in [0, 0.1) is 0 Å². The van der Waals surface area contributed by atoms with Gasteiger partial charge in [-0.15, -0.1) is 0 Å². The number of methoxy groups -OCH3 is 2. The van der Waals surface area contributed by atoms with Gasteiger partial charge in [0.25, 0.3) is 0 Å². The normalized spacial score (nSPS) is 11.8. The van der Waals surface area contributed by atoms with Gasteiger partial charge >= 0.3 is 0 Å². The van der Waals surface area contributed by atoms with Crippen LogP contribution >= 0.6 is 0 Å². The predicted octanol–water partition coefficient (Wildman–Crippen LogP) is 2.50. The number of benzene rings is 1. The minimum absolute atomic E-state index is 0.122. The number of hydrogen-bond acceptors (Lipinski definition) is 4. The number of aliphatic hydroxyl groups is 1. The summed E-state index contributed by atoms with van der Waals surface area (Å²) >= 11 is 0. The molecular formula is C15H16N2O3. The van der Waals surface area contributed by atoms with Crippen molar-refractivity contribution < 1.29 is 14.6 Å². The molecule has 1 aromatic carbocycles. The highest BCUT2D eigenvalue weighted by atomic mass is 16.7. The van der Waals surface area contributed by atoms with Crippen LogP contribution in [0.1, 0.15) is 17.7 Å². The lowest BCUT2D eigenvalue weighted by atomic mass is 10.1. The lowest BCUT2D eigenvalue weighted by Gasteiger charge is -2.14. The minimum Gasteiger partial charge on any atom is -0.390 e. The summed E-state index contributed by atoms with van der Waals surface area (Å²) in [5.74, 6) is 0. The lowest BCUT2D eigenvalue weighted by Crippen LogP contribution is -2.08. The Morgan fingerprint density at radius 2 is 1.95 bits per heavy atom. The Bertz CT molecular complexity index is 747. The Morgan fingerprint density at radius 1 is 1.20 bits per heavy atom. The van der Waals surface area contributed by atoms with Crippen LogP contribution < -0.4 is 0 Å². The third kappa shape index (κ3) is 1.96. The first-order valence-corrected chi connectivity index (χ1v) is 6.35. The third-order valence-electron chi connectivity index (χ3n) is 3.39. The molecular weight excluding hydrogens is 256 g/mol. The van der Waals surface area contributed by atoms with E-state index in [1.54, 1.807) is 14.2 Å². The first-order chi connectivity index (χ1) is 9.78. The molecule has 0 aliphatic carbocycles. The zero-order chi connectivity index (χ0) is 14.1. The molecule has 0 unspecified atom stereocenters. The van der Waals surface area contributed by atoms with E-state index >= 15 is 0 Å². The number of nitrogens with one attached hydrogen (secondary N) is 1. The van der Waals surface area contributed by atoms with Crippen molar-refractivity contribution >= 4 is 21.8 Å². The Kier molecular flexibility index (Phi) is 3.40. The van der Waals surface area contributed by atoms with Crippen LogP contribution in [-0.4, -0.2) is 29.3 Å². The molecule has 2 aromatic heterocycles. The van der Waals surface area contributed by atoms with E-state index in [-0.39, 0.29) is 6.61 Å². The molecule has 104 valence electrons. The van der Waals surface area contributed by atoms with E-state index in [2.05, 4.69) is 9.97 Å². The minimum atomic E-state index is -0.572. The number of aliphatic hydroxyl groups excluding tert-OH is 1. The topological polar surface area (TPSA) is 67.4 Å². The van der Waals surface area contributed by atoms with Gasteiger partial charge in [-0.2, -0.15) is 0 Å². The first kappa shape index (κ1) is 13.1. The van der Waals surface area contributed by atoms with Gasteiger partial charge < -0.3 is 19.6 Å². The number of rotatable bonds is 4. The van der Waals surface area contributed by atoms with Crippen molar-refractivity contribution in [2.45, 2.75) is 12.9 Å². The van der Waals surface area contributed by atoms with Gasteiger partial charge in [-0.05, 0) is 12.1 Å². The Balaban J connectivity index is 2.37. The van der Waals surface area contributed by atoms with E-state index in [4.69, 9.17) is 9.47 Å². The van der Waals surface area contributed by atoms with Crippen molar-refractivity contribution in [1.29, 1.82) is 0 Å². The fraction of sp³-hybridized carbons (Fsp3) is 0.267. The average molecular weight is 272 g/mol. The molecule has 3 aromatic rings. The summed E-state index contributed by atoms with van der Waals surface area (Å²) in [6, 6.07) is 9.89. The molecule has 2 heterocycles. The number of ether oxygens (including phenoxy) is 2. The second kappa shape index (κ2) is 5.20. The third-order valence-corrected chi connectivity index (χ3v) is 3.39. The van der Waals surface area contributed by atoms with Crippen LogP contribution in [0.5, 0.6) is 0 Å². The van der Waals surface area contributed by atoms with E-state index in [0.29, 0.717) is 11.4 Å². The molecule has 3 rings (SSSR count). The Morgan fingerprint density at radius 3 is 2.65 bits per heavy atom. The standard InChI is InChI=1S/C15H16N2O3/c1-19-15(20-2)14-13-11(7-9(8-18)16-14)10-5-3-4-6-12(10)17-13/h3-7,15,17-18H,8H2,1-2H3. The average Bonchev–Trinajstić information content (AvgIpc) is 2.87. The number of fused-ring (bicyclic) bond motifs is 3. The largest absolute Gasteiger partial charge is 0.390 e. The zero-order valence-electron chi connectivity index (χ0n) is 11.4. The Hall–Kier alpha value is -1.95. The van der Waals surface area contributed by atoms with Gasteiger partial charge in [0.05, 0.1) is 17.8 Å². The number of H-pyrrole nitrogens is 1. The van der Waals surface area contributed by atoms with Gasteiger partial charge in [-0.1, -0.05) is 18.2 Å². The highest BCUT2D eigenvalue weighted by Gasteiger charge is 2.18. The number of pyridine rings is 1. The molecule has 0 bridgehead atoms. The monoisotopic (exact) mass is 272 g/mol. The Labute approximate surface area is 116 Å². The molecule has 0 amide bonds. The van der Waals surface area contributed by atoms with Crippen molar-refractivity contribution in [3.63, 3.8) is 0 Å². The molecule has 5 nitrogen and oxygen atoms in total. The number of aromatic amines is 1. The highest BCUT2D eigenvalue weighted by Crippen LogP contribution is 2.31. The van der Waals surface area contributed by atoms with E-state index in [0.717, 1.165) is 21.8 Å². The maximum absolute atomic E-state index is 9.40. The summed E-state index contributed by atoms with van der Waals surface area (Å²) in [5, 5.41) is 11.5. The summed E-state index contributed by atoms with van der Waals surface area (Å²) in [6.07, 6.45) is -0.572. The molecule has 0 saturated heterocycles. The summed E-state index contributed by atoms with van der Waals surface area (Å²) in [4.78, 5) is 7.77. The van der Waals surface area contributed by atoms with Gasteiger partial charge in [0.2, 0.25) is 6.29 Å². The molecule has 5 heteroatoms. The van der Waals surface area contributed by atoms with Crippen molar-refractivity contribution in [2.24, 2.45) is 0 Å². The van der Waals surface area contributed by atoms with Crippen molar-refractivity contribution in [3.05, 3.63) is 41.7 Å². The van der Waals surface area contributed by atoms with Crippen LogP contribution in [0.15, 0.2) is 30.3 Å². The fourth-order valence-corrected chi connectivity index (χ4v) is 2.50. The molecule has 0 spiro atoms. The highest BCUT2D eigenvalue weighted by molar-refractivity contribution is 6.08. The maximum Gasteiger partial charge on any atom is 0.202 e. The first-order valence-electron chi connectivity index (χ1n) is 6.35. The van der Waals surface area contributed by atoms with E-state index in [1.807, 2.05) is 30.3 Å². The van der Waals surface area contributed by atoms with E-state index < -0.39 is 6.29 Å². The molecule has 0 saturated carbocycles. The van der Waals surface area contributed by atoms with Crippen LogP contribution in [0.3, 0.4) is 0 Å². The SMILES string of the molecule is COC(OC)c1nc(CO)cc2c1[nH]c1ccccc12. The summed E-state index contributed by atoms with van der Waals surface area (Å²) in [6.45, 7) is -0.122. The molecule has 0 radical (unpaired) electrons. The fourth-order valence-electron chi connectivity index (χ4n) is 2.50. The van der Waals surface area contributed by atoms with Crippen molar-refractivity contribution in [1.82, 2.24) is 9.97 Å². The van der Waals surface area contributed by atoms with Crippen molar-refractivity contribution in [3.8, 4) is 0 Å². The van der Waals surface area contributed by atoms with E-state index in [9.17, 15) is 5.11 Å². The summed E-state index contributed by atoms with van der Waals surface area (Å²) in [5.41, 5.74) is 3.13. The number of aromatic nitrogens is 2. The molecule has 20 heavy (non-hydrogen) atoms.